The number of benzene rings is 1. The van der Waals surface area contributed by atoms with Crippen molar-refractivity contribution in [3.8, 4) is 0 Å². The second-order valence-corrected chi connectivity index (χ2v) is 13.3. The van der Waals surface area contributed by atoms with Crippen molar-refractivity contribution in [2.75, 3.05) is 39.3 Å². The maximum Gasteiger partial charge on any atom is 0.0689 e. The molecule has 37 heavy (non-hydrogen) atoms. The average molecular weight is 562 g/mol. The van der Waals surface area contributed by atoms with E-state index in [9.17, 15) is 0 Å². The molecule has 1 aromatic carbocycles. The zero-order valence-electron chi connectivity index (χ0n) is 22.1. The Morgan fingerprint density at radius 1 is 1.05 bits per heavy atom. The summed E-state index contributed by atoms with van der Waals surface area (Å²) in [5, 5.41) is 6.06. The summed E-state index contributed by atoms with van der Waals surface area (Å²) in [4.78, 5) is 5.34. The van der Waals surface area contributed by atoms with Crippen LogP contribution in [0.15, 0.2) is 47.7 Å². The summed E-state index contributed by atoms with van der Waals surface area (Å²) < 4.78 is 6.43. The van der Waals surface area contributed by atoms with Crippen molar-refractivity contribution in [2.24, 2.45) is 11.8 Å². The van der Waals surface area contributed by atoms with E-state index in [-0.39, 0.29) is 5.60 Å². The lowest BCUT2D eigenvalue weighted by Crippen LogP contribution is -2.42. The molecule has 0 N–H and O–H groups in total. The number of halogens is 2. The van der Waals surface area contributed by atoms with E-state index in [2.05, 4.69) is 39.3 Å². The van der Waals surface area contributed by atoms with Gasteiger partial charge >= 0.3 is 0 Å². The quantitative estimate of drug-likeness (QED) is 0.272. The van der Waals surface area contributed by atoms with Gasteiger partial charge in [-0.3, -0.25) is 4.90 Å². The van der Waals surface area contributed by atoms with Crippen molar-refractivity contribution in [3.63, 3.8) is 0 Å². The van der Waals surface area contributed by atoms with Crippen LogP contribution in [0.4, 0.5) is 0 Å². The monoisotopic (exact) mass is 560 g/mol. The van der Waals surface area contributed by atoms with Gasteiger partial charge in [-0.25, -0.2) is 0 Å². The highest BCUT2D eigenvalue weighted by Crippen LogP contribution is 2.40. The molecule has 0 unspecified atom stereocenters. The molecular weight excluding hydrogens is 519 g/mol. The highest BCUT2D eigenvalue weighted by atomic mass is 35.5. The predicted molar refractivity (Wildman–Crippen MR) is 158 cm³/mol. The average Bonchev–Trinajstić information content (AvgIpc) is 3.56. The van der Waals surface area contributed by atoms with Crippen molar-refractivity contribution in [1.82, 2.24) is 9.80 Å². The van der Waals surface area contributed by atoms with Crippen LogP contribution in [-0.2, 0) is 11.3 Å². The molecule has 3 nitrogen and oxygen atoms in total. The number of nitrogens with zero attached hydrogens (tertiary/aromatic N) is 2. The Morgan fingerprint density at radius 3 is 2.57 bits per heavy atom. The number of piperidine rings is 1. The summed E-state index contributed by atoms with van der Waals surface area (Å²) >= 11 is 14.5. The number of ether oxygens (including phenoxy) is 1. The van der Waals surface area contributed by atoms with Crippen LogP contribution in [0, 0.1) is 11.8 Å². The molecule has 202 valence electrons. The first-order chi connectivity index (χ1) is 18.0. The molecule has 0 spiro atoms. The molecule has 1 aromatic heterocycles. The smallest absolute Gasteiger partial charge is 0.0689 e. The Labute approximate surface area is 237 Å². The molecule has 2 aromatic rings. The highest BCUT2D eigenvalue weighted by molar-refractivity contribution is 7.08. The van der Waals surface area contributed by atoms with Crippen LogP contribution in [-0.4, -0.2) is 54.7 Å². The molecule has 2 atom stereocenters. The molecule has 0 bridgehead atoms. The van der Waals surface area contributed by atoms with Gasteiger partial charge in [0.05, 0.1) is 12.2 Å². The van der Waals surface area contributed by atoms with E-state index in [1.807, 2.05) is 29.5 Å². The summed E-state index contributed by atoms with van der Waals surface area (Å²) in [6.45, 7) is 11.3. The van der Waals surface area contributed by atoms with Crippen molar-refractivity contribution < 1.29 is 4.74 Å². The SMILES string of the molecule is C=CCOC1(CC2CCN(C[C@H]3CN(Cc4ccc(Cl)cc4Cl)C[C@@H]3c3ccsc3)CC2)CCCCC1. The Balaban J connectivity index is 1.17. The maximum absolute atomic E-state index is 6.53. The van der Waals surface area contributed by atoms with Gasteiger partial charge < -0.3 is 9.64 Å². The topological polar surface area (TPSA) is 15.7 Å². The number of hydrogen-bond donors (Lipinski definition) is 0. The standard InChI is InChI=1S/C31H42Cl2N2OS/c1-2-15-36-31(11-4-3-5-12-31)18-24-8-13-34(14-9-24)20-27-21-35(22-29(27)26-10-16-37-23-26)19-25-6-7-28(32)17-30(25)33/h2,6-7,10,16-17,23-24,27,29H,1,3-5,8-9,11-15,18-22H2/t27-,29+/m0/s1. The third-order valence-electron chi connectivity index (χ3n) is 9.03. The fourth-order valence-electron chi connectivity index (χ4n) is 7.10. The molecule has 3 fully saturated rings. The third kappa shape index (κ3) is 7.21. The van der Waals surface area contributed by atoms with Crippen molar-refractivity contribution >= 4 is 34.5 Å². The second kappa shape index (κ2) is 13.0. The van der Waals surface area contributed by atoms with Crippen molar-refractivity contribution in [2.45, 2.75) is 69.4 Å². The molecule has 2 saturated heterocycles. The van der Waals surface area contributed by atoms with Crippen LogP contribution in [0.25, 0.3) is 0 Å². The molecule has 3 heterocycles. The van der Waals surface area contributed by atoms with E-state index >= 15 is 0 Å². The Morgan fingerprint density at radius 2 is 1.86 bits per heavy atom. The van der Waals surface area contributed by atoms with E-state index in [4.69, 9.17) is 27.9 Å². The summed E-state index contributed by atoms with van der Waals surface area (Å²) in [5.74, 6) is 2.03. The number of rotatable bonds is 10. The minimum Gasteiger partial charge on any atom is -0.371 e. The van der Waals surface area contributed by atoms with Crippen LogP contribution < -0.4 is 0 Å². The Hall–Kier alpha value is -0.880. The first-order valence-corrected chi connectivity index (χ1v) is 15.9. The Kier molecular flexibility index (Phi) is 9.71. The molecule has 0 radical (unpaired) electrons. The normalized spacial score (nSPS) is 25.5. The van der Waals surface area contributed by atoms with Gasteiger partial charge in [-0.2, -0.15) is 11.3 Å². The van der Waals surface area contributed by atoms with E-state index in [1.54, 1.807) is 0 Å². The van der Waals surface area contributed by atoms with Gasteiger partial charge in [-0.15, -0.1) is 6.58 Å². The van der Waals surface area contributed by atoms with E-state index < -0.39 is 0 Å². The van der Waals surface area contributed by atoms with Gasteiger partial charge in [0.1, 0.15) is 0 Å². The van der Waals surface area contributed by atoms with Crippen LogP contribution in [0.3, 0.4) is 0 Å². The van der Waals surface area contributed by atoms with Gasteiger partial charge in [0.25, 0.3) is 0 Å². The van der Waals surface area contributed by atoms with Gasteiger partial charge in [0.2, 0.25) is 0 Å². The third-order valence-corrected chi connectivity index (χ3v) is 10.3. The lowest BCUT2D eigenvalue weighted by atomic mass is 9.76. The molecular formula is C31H42Cl2N2OS. The van der Waals surface area contributed by atoms with Gasteiger partial charge in [-0.05, 0) is 97.1 Å². The molecule has 3 aliphatic rings. The zero-order valence-corrected chi connectivity index (χ0v) is 24.4. The van der Waals surface area contributed by atoms with E-state index in [1.165, 1.54) is 82.1 Å². The largest absolute Gasteiger partial charge is 0.371 e. The molecule has 0 amide bonds. The number of likely N-dealkylation sites (tertiary alicyclic amines) is 2. The van der Waals surface area contributed by atoms with Crippen LogP contribution >= 0.6 is 34.5 Å². The minimum absolute atomic E-state index is 0.109. The summed E-state index contributed by atoms with van der Waals surface area (Å²) in [6, 6.07) is 8.24. The van der Waals surface area contributed by atoms with Gasteiger partial charge in [-0.1, -0.05) is 54.6 Å². The molecule has 2 aliphatic heterocycles. The maximum atomic E-state index is 6.53. The Bertz CT molecular complexity index is 999. The van der Waals surface area contributed by atoms with Crippen molar-refractivity contribution in [3.05, 3.63) is 68.9 Å². The zero-order chi connectivity index (χ0) is 25.7. The fraction of sp³-hybridized carbons (Fsp3) is 0.613. The second-order valence-electron chi connectivity index (χ2n) is 11.6. The molecule has 1 aliphatic carbocycles. The van der Waals surface area contributed by atoms with Gasteiger partial charge in [0, 0.05) is 42.1 Å². The summed E-state index contributed by atoms with van der Waals surface area (Å²) in [7, 11) is 0. The number of thiophene rings is 1. The summed E-state index contributed by atoms with van der Waals surface area (Å²) in [5.41, 5.74) is 2.79. The first-order valence-electron chi connectivity index (χ1n) is 14.2. The molecule has 1 saturated carbocycles. The van der Waals surface area contributed by atoms with Crippen molar-refractivity contribution in [1.29, 1.82) is 0 Å². The van der Waals surface area contributed by atoms with Crippen LogP contribution in [0.5, 0.6) is 0 Å². The lowest BCUT2D eigenvalue weighted by Gasteiger charge is -2.42. The van der Waals surface area contributed by atoms with Crippen LogP contribution in [0.2, 0.25) is 10.0 Å². The molecule has 6 heteroatoms. The first kappa shape index (κ1) is 27.7. The van der Waals surface area contributed by atoms with E-state index in [0.29, 0.717) is 23.5 Å². The van der Waals surface area contributed by atoms with Gasteiger partial charge in [0.15, 0.2) is 0 Å². The molecule has 5 rings (SSSR count). The summed E-state index contributed by atoms with van der Waals surface area (Å²) in [6.07, 6.45) is 12.3. The fourth-order valence-corrected chi connectivity index (χ4v) is 8.29. The predicted octanol–water partition coefficient (Wildman–Crippen LogP) is 8.28. The highest BCUT2D eigenvalue weighted by Gasteiger charge is 2.38. The van der Waals surface area contributed by atoms with Crippen LogP contribution in [0.1, 0.15) is 68.4 Å². The van der Waals surface area contributed by atoms with E-state index in [0.717, 1.165) is 30.6 Å². The minimum atomic E-state index is 0.109. The lowest BCUT2D eigenvalue weighted by molar-refractivity contribution is -0.0778. The number of hydrogen-bond acceptors (Lipinski definition) is 4.